The van der Waals surface area contributed by atoms with Crippen LogP contribution >= 0.6 is 0 Å². The van der Waals surface area contributed by atoms with E-state index in [1.54, 1.807) is 25.3 Å². The van der Waals surface area contributed by atoms with Crippen LogP contribution in [-0.4, -0.2) is 29.5 Å². The predicted octanol–water partition coefficient (Wildman–Crippen LogP) is 2.87. The first-order valence-electron chi connectivity index (χ1n) is 7.78. The summed E-state index contributed by atoms with van der Waals surface area (Å²) in [7, 11) is 0. The zero-order valence-electron chi connectivity index (χ0n) is 13.4. The number of carbonyl (C=O) groups is 2. The van der Waals surface area contributed by atoms with Crippen molar-refractivity contribution in [2.75, 3.05) is 6.54 Å². The minimum atomic E-state index is -0.834. The van der Waals surface area contributed by atoms with E-state index < -0.39 is 12.1 Å². The summed E-state index contributed by atoms with van der Waals surface area (Å²) < 4.78 is 5.15. The lowest BCUT2D eigenvalue weighted by Gasteiger charge is -2.18. The van der Waals surface area contributed by atoms with Crippen LogP contribution in [0.15, 0.2) is 48.7 Å². The van der Waals surface area contributed by atoms with Crippen LogP contribution in [0.4, 0.5) is 0 Å². The Morgan fingerprint density at radius 2 is 1.91 bits per heavy atom. The van der Waals surface area contributed by atoms with Gasteiger partial charge in [0.15, 0.2) is 6.10 Å². The van der Waals surface area contributed by atoms with Crippen LogP contribution in [0.2, 0.25) is 0 Å². The number of H-pyrrole nitrogens is 1. The number of hydrogen-bond acceptors (Lipinski definition) is 3. The molecule has 0 spiro atoms. The highest BCUT2D eigenvalue weighted by Gasteiger charge is 2.20. The SMILES string of the molecule is CC[C@@H](CNC(=O)[C@H](C)OC(=O)c1ccc[nH]1)c1ccccc1. The van der Waals surface area contributed by atoms with Gasteiger partial charge in [0.25, 0.3) is 5.91 Å². The molecule has 5 nitrogen and oxygen atoms in total. The third kappa shape index (κ3) is 4.71. The Hall–Kier alpha value is -2.56. The minimum Gasteiger partial charge on any atom is -0.448 e. The number of ether oxygens (including phenoxy) is 1. The molecule has 0 radical (unpaired) electrons. The van der Waals surface area contributed by atoms with E-state index in [-0.39, 0.29) is 11.8 Å². The first-order valence-corrected chi connectivity index (χ1v) is 7.78. The number of hydrogen-bond donors (Lipinski definition) is 2. The molecule has 0 aliphatic rings. The number of esters is 1. The van der Waals surface area contributed by atoms with Crippen LogP contribution < -0.4 is 5.32 Å². The Morgan fingerprint density at radius 1 is 1.17 bits per heavy atom. The van der Waals surface area contributed by atoms with Crippen LogP contribution in [0.25, 0.3) is 0 Å². The maximum absolute atomic E-state index is 12.1. The third-order valence-corrected chi connectivity index (χ3v) is 3.76. The Labute approximate surface area is 136 Å². The van der Waals surface area contributed by atoms with Crippen LogP contribution in [0.3, 0.4) is 0 Å². The van der Waals surface area contributed by atoms with Crippen molar-refractivity contribution in [1.29, 1.82) is 0 Å². The van der Waals surface area contributed by atoms with Crippen LogP contribution in [0, 0.1) is 0 Å². The minimum absolute atomic E-state index is 0.242. The van der Waals surface area contributed by atoms with Gasteiger partial charge in [0, 0.05) is 18.7 Å². The van der Waals surface area contributed by atoms with Gasteiger partial charge in [0.05, 0.1) is 0 Å². The third-order valence-electron chi connectivity index (χ3n) is 3.76. The summed E-state index contributed by atoms with van der Waals surface area (Å²) in [6, 6.07) is 13.4. The van der Waals surface area contributed by atoms with E-state index in [0.29, 0.717) is 12.2 Å². The van der Waals surface area contributed by atoms with Crippen molar-refractivity contribution in [2.24, 2.45) is 0 Å². The number of amides is 1. The highest BCUT2D eigenvalue weighted by Crippen LogP contribution is 2.18. The van der Waals surface area contributed by atoms with Gasteiger partial charge in [-0.2, -0.15) is 0 Å². The molecule has 0 aliphatic carbocycles. The Kier molecular flexibility index (Phi) is 5.97. The molecule has 0 unspecified atom stereocenters. The van der Waals surface area contributed by atoms with Gasteiger partial charge >= 0.3 is 5.97 Å². The van der Waals surface area contributed by atoms with Crippen molar-refractivity contribution in [2.45, 2.75) is 32.3 Å². The van der Waals surface area contributed by atoms with E-state index >= 15 is 0 Å². The molecule has 1 aromatic carbocycles. The van der Waals surface area contributed by atoms with Gasteiger partial charge in [-0.15, -0.1) is 0 Å². The maximum Gasteiger partial charge on any atom is 0.355 e. The smallest absolute Gasteiger partial charge is 0.355 e. The van der Waals surface area contributed by atoms with E-state index in [2.05, 4.69) is 29.4 Å². The molecule has 0 saturated heterocycles. The van der Waals surface area contributed by atoms with Crippen molar-refractivity contribution in [3.05, 3.63) is 59.9 Å². The fourth-order valence-electron chi connectivity index (χ4n) is 2.33. The summed E-state index contributed by atoms with van der Waals surface area (Å²) in [6.07, 6.45) is 1.72. The van der Waals surface area contributed by atoms with E-state index in [4.69, 9.17) is 4.74 Å². The van der Waals surface area contributed by atoms with E-state index in [0.717, 1.165) is 6.42 Å². The molecule has 2 rings (SSSR count). The molecular weight excluding hydrogens is 292 g/mol. The molecule has 0 aliphatic heterocycles. The normalized spacial score (nSPS) is 13.1. The lowest BCUT2D eigenvalue weighted by molar-refractivity contribution is -0.129. The maximum atomic E-state index is 12.1. The lowest BCUT2D eigenvalue weighted by Crippen LogP contribution is -2.38. The molecule has 1 amide bonds. The van der Waals surface area contributed by atoms with Crippen LogP contribution in [0.1, 0.15) is 42.2 Å². The van der Waals surface area contributed by atoms with Gasteiger partial charge in [-0.05, 0) is 31.0 Å². The predicted molar refractivity (Wildman–Crippen MR) is 88.2 cm³/mol. The number of aromatic amines is 1. The second kappa shape index (κ2) is 8.17. The van der Waals surface area contributed by atoms with Gasteiger partial charge in [-0.1, -0.05) is 37.3 Å². The number of aromatic nitrogens is 1. The van der Waals surface area contributed by atoms with Gasteiger partial charge in [-0.3, -0.25) is 4.79 Å². The molecule has 2 atom stereocenters. The topological polar surface area (TPSA) is 71.2 Å². The number of nitrogens with one attached hydrogen (secondary N) is 2. The zero-order valence-corrected chi connectivity index (χ0v) is 13.4. The van der Waals surface area contributed by atoms with Crippen LogP contribution in [-0.2, 0) is 9.53 Å². The average Bonchev–Trinajstić information content (AvgIpc) is 3.10. The number of carbonyl (C=O) groups excluding carboxylic acids is 2. The molecule has 2 N–H and O–H groups in total. The summed E-state index contributed by atoms with van der Waals surface area (Å²) in [6.45, 7) is 4.17. The van der Waals surface area contributed by atoms with E-state index in [1.165, 1.54) is 5.56 Å². The van der Waals surface area contributed by atoms with Gasteiger partial charge in [0.2, 0.25) is 0 Å². The Morgan fingerprint density at radius 3 is 2.52 bits per heavy atom. The largest absolute Gasteiger partial charge is 0.448 e. The number of rotatable bonds is 7. The Balaban J connectivity index is 1.84. The van der Waals surface area contributed by atoms with E-state index in [1.807, 2.05) is 18.2 Å². The fraction of sp³-hybridized carbons (Fsp3) is 0.333. The van der Waals surface area contributed by atoms with Gasteiger partial charge in [-0.25, -0.2) is 4.79 Å². The summed E-state index contributed by atoms with van der Waals surface area (Å²) in [5, 5.41) is 2.86. The summed E-state index contributed by atoms with van der Waals surface area (Å²) in [5.74, 6) is -0.585. The zero-order chi connectivity index (χ0) is 16.7. The number of benzene rings is 1. The molecule has 5 heteroatoms. The molecular formula is C18H22N2O3. The fourth-order valence-corrected chi connectivity index (χ4v) is 2.33. The monoisotopic (exact) mass is 314 g/mol. The highest BCUT2D eigenvalue weighted by atomic mass is 16.5. The van der Waals surface area contributed by atoms with Crippen LogP contribution in [0.5, 0.6) is 0 Å². The summed E-state index contributed by atoms with van der Waals surface area (Å²) in [4.78, 5) is 26.7. The van der Waals surface area contributed by atoms with Crippen molar-refractivity contribution >= 4 is 11.9 Å². The lowest BCUT2D eigenvalue weighted by atomic mass is 9.96. The molecule has 0 fully saturated rings. The average molecular weight is 314 g/mol. The molecule has 2 aromatic rings. The molecule has 1 aromatic heterocycles. The first-order chi connectivity index (χ1) is 11.1. The van der Waals surface area contributed by atoms with Crippen molar-refractivity contribution < 1.29 is 14.3 Å². The van der Waals surface area contributed by atoms with Crippen molar-refractivity contribution in [1.82, 2.24) is 10.3 Å². The summed E-state index contributed by atoms with van der Waals surface area (Å²) >= 11 is 0. The van der Waals surface area contributed by atoms with E-state index in [9.17, 15) is 9.59 Å². The molecule has 0 bridgehead atoms. The quantitative estimate of drug-likeness (QED) is 0.772. The highest BCUT2D eigenvalue weighted by molar-refractivity contribution is 5.90. The standard InChI is InChI=1S/C18H22N2O3/c1-3-14(15-8-5-4-6-9-15)12-20-17(21)13(2)23-18(22)16-10-7-11-19-16/h4-11,13-14,19H,3,12H2,1-2H3,(H,20,21)/t13-,14-/m0/s1. The first kappa shape index (κ1) is 16.8. The molecule has 122 valence electrons. The van der Waals surface area contributed by atoms with Crippen molar-refractivity contribution in [3.8, 4) is 0 Å². The van der Waals surface area contributed by atoms with Crippen molar-refractivity contribution in [3.63, 3.8) is 0 Å². The molecule has 23 heavy (non-hydrogen) atoms. The molecule has 0 saturated carbocycles. The second-order valence-electron chi connectivity index (χ2n) is 5.39. The van der Waals surface area contributed by atoms with Gasteiger partial charge in [0.1, 0.15) is 5.69 Å². The second-order valence-corrected chi connectivity index (χ2v) is 5.39. The summed E-state index contributed by atoms with van der Waals surface area (Å²) in [5.41, 5.74) is 1.52. The van der Waals surface area contributed by atoms with Gasteiger partial charge < -0.3 is 15.0 Å². The molecule has 1 heterocycles. The Bertz CT molecular complexity index is 623.